The molecule has 0 heterocycles. The molecule has 2 atom stereocenters. The summed E-state index contributed by atoms with van der Waals surface area (Å²) in [6.07, 6.45) is 3.41. The van der Waals surface area contributed by atoms with Gasteiger partial charge in [-0.15, -0.1) is 12.4 Å². The summed E-state index contributed by atoms with van der Waals surface area (Å²) in [5.41, 5.74) is 10.3. The fourth-order valence-corrected chi connectivity index (χ4v) is 2.43. The Morgan fingerprint density at radius 2 is 1.83 bits per heavy atom. The van der Waals surface area contributed by atoms with Crippen LogP contribution in [0, 0.1) is 5.92 Å². The average Bonchev–Trinajstić information content (AvgIpc) is 2.72. The van der Waals surface area contributed by atoms with Crippen molar-refractivity contribution in [2.24, 2.45) is 17.4 Å². The second-order valence-corrected chi connectivity index (χ2v) is 4.91. The van der Waals surface area contributed by atoms with E-state index < -0.39 is 11.4 Å². The van der Waals surface area contributed by atoms with Crippen molar-refractivity contribution in [3.05, 3.63) is 0 Å². The van der Waals surface area contributed by atoms with E-state index in [0.29, 0.717) is 19.3 Å². The first-order valence-electron chi connectivity index (χ1n) is 6.32. The fraction of sp³-hybridized carbons (Fsp3) is 0.833. The quantitative estimate of drug-likeness (QED) is 0.690. The van der Waals surface area contributed by atoms with Crippen LogP contribution in [-0.2, 0) is 9.59 Å². The highest BCUT2D eigenvalue weighted by Crippen LogP contribution is 2.25. The summed E-state index contributed by atoms with van der Waals surface area (Å²) in [5.74, 6) is -0.611. The van der Waals surface area contributed by atoms with Crippen molar-refractivity contribution in [3.63, 3.8) is 0 Å². The van der Waals surface area contributed by atoms with Crippen molar-refractivity contribution in [3.8, 4) is 0 Å². The lowest BCUT2D eigenvalue weighted by molar-refractivity contribution is -0.134. The van der Waals surface area contributed by atoms with Crippen LogP contribution in [0.15, 0.2) is 0 Å². The van der Waals surface area contributed by atoms with Crippen molar-refractivity contribution in [1.82, 2.24) is 5.32 Å². The topological polar surface area (TPSA) is 98.2 Å². The molecular weight excluding hydrogens is 254 g/mol. The van der Waals surface area contributed by atoms with Crippen LogP contribution in [-0.4, -0.2) is 23.4 Å². The lowest BCUT2D eigenvalue weighted by Crippen LogP contribution is -2.57. The summed E-state index contributed by atoms with van der Waals surface area (Å²) in [6.45, 7) is 3.71. The zero-order valence-electron chi connectivity index (χ0n) is 11.1. The van der Waals surface area contributed by atoms with E-state index in [9.17, 15) is 9.59 Å². The Kier molecular flexibility index (Phi) is 6.63. The maximum Gasteiger partial charge on any atom is 0.243 e. The molecule has 1 saturated carbocycles. The van der Waals surface area contributed by atoms with Gasteiger partial charge in [0.15, 0.2) is 0 Å². The highest BCUT2D eigenvalue weighted by molar-refractivity contribution is 5.91. The highest BCUT2D eigenvalue weighted by atomic mass is 35.5. The third-order valence-electron chi connectivity index (χ3n) is 3.89. The largest absolute Gasteiger partial charge is 0.368 e. The summed E-state index contributed by atoms with van der Waals surface area (Å²) in [4.78, 5) is 23.5. The highest BCUT2D eigenvalue weighted by Gasteiger charge is 2.37. The smallest absolute Gasteiger partial charge is 0.243 e. The Labute approximate surface area is 114 Å². The number of nitrogens with two attached hydrogens (primary N) is 2. The molecule has 106 valence electrons. The van der Waals surface area contributed by atoms with Crippen LogP contribution in [0.1, 0.15) is 46.0 Å². The van der Waals surface area contributed by atoms with Crippen LogP contribution < -0.4 is 16.8 Å². The number of hydrogen-bond donors (Lipinski definition) is 3. The molecule has 5 N–H and O–H groups in total. The summed E-state index contributed by atoms with van der Waals surface area (Å²) >= 11 is 0. The Hall–Kier alpha value is -0.810. The maximum absolute atomic E-state index is 12.1. The van der Waals surface area contributed by atoms with Crippen molar-refractivity contribution in [2.45, 2.75) is 57.5 Å². The van der Waals surface area contributed by atoms with Gasteiger partial charge < -0.3 is 16.8 Å². The molecule has 0 aliphatic heterocycles. The number of nitrogens with one attached hydrogen (secondary N) is 1. The Bertz CT molecular complexity index is 306. The standard InChI is InChI=1S/C12H23N3O2.ClH/c1-3-12(4-2,11(14)17)15-10(16)8-5-6-9(13)7-8;/h8-9H,3-7,13H2,1-2H3,(H2,14,17)(H,15,16);1H. The van der Waals surface area contributed by atoms with Gasteiger partial charge >= 0.3 is 0 Å². The number of amides is 2. The molecule has 0 spiro atoms. The Morgan fingerprint density at radius 1 is 1.28 bits per heavy atom. The van der Waals surface area contributed by atoms with Gasteiger partial charge in [0.25, 0.3) is 0 Å². The van der Waals surface area contributed by atoms with Crippen molar-refractivity contribution < 1.29 is 9.59 Å². The normalized spacial score (nSPS) is 23.3. The first-order valence-corrected chi connectivity index (χ1v) is 6.32. The zero-order valence-corrected chi connectivity index (χ0v) is 11.9. The summed E-state index contributed by atoms with van der Waals surface area (Å²) < 4.78 is 0. The second-order valence-electron chi connectivity index (χ2n) is 4.91. The van der Waals surface area contributed by atoms with Gasteiger partial charge in [-0.25, -0.2) is 0 Å². The predicted molar refractivity (Wildman–Crippen MR) is 73.2 cm³/mol. The van der Waals surface area contributed by atoms with Gasteiger partial charge in [0.1, 0.15) is 5.54 Å². The Morgan fingerprint density at radius 3 is 2.17 bits per heavy atom. The number of carbonyl (C=O) groups excluding carboxylic acids is 2. The van der Waals surface area contributed by atoms with Crippen LogP contribution in [0.25, 0.3) is 0 Å². The van der Waals surface area contributed by atoms with E-state index in [0.717, 1.165) is 12.8 Å². The predicted octanol–water partition coefficient (Wildman–Crippen LogP) is 0.696. The third-order valence-corrected chi connectivity index (χ3v) is 3.89. The van der Waals surface area contributed by atoms with E-state index in [1.807, 2.05) is 13.8 Å². The van der Waals surface area contributed by atoms with E-state index >= 15 is 0 Å². The molecule has 1 rings (SSSR count). The summed E-state index contributed by atoms with van der Waals surface area (Å²) in [7, 11) is 0. The van der Waals surface area contributed by atoms with E-state index in [4.69, 9.17) is 11.5 Å². The average molecular weight is 278 g/mol. The molecule has 0 bridgehead atoms. The lowest BCUT2D eigenvalue weighted by Gasteiger charge is -2.30. The summed E-state index contributed by atoms with van der Waals surface area (Å²) in [5, 5.41) is 2.82. The molecule has 6 heteroatoms. The number of carbonyl (C=O) groups is 2. The van der Waals surface area contributed by atoms with Gasteiger partial charge in [-0.1, -0.05) is 13.8 Å². The number of rotatable bonds is 5. The second kappa shape index (κ2) is 6.95. The number of primary amides is 1. The zero-order chi connectivity index (χ0) is 13.1. The van der Waals surface area contributed by atoms with Crippen molar-refractivity contribution >= 4 is 24.2 Å². The number of hydrogen-bond acceptors (Lipinski definition) is 3. The van der Waals surface area contributed by atoms with E-state index in [1.54, 1.807) is 0 Å². The van der Waals surface area contributed by atoms with E-state index in [1.165, 1.54) is 0 Å². The van der Waals surface area contributed by atoms with Gasteiger partial charge in [-0.05, 0) is 32.1 Å². The third kappa shape index (κ3) is 3.59. The van der Waals surface area contributed by atoms with Crippen LogP contribution in [0.4, 0.5) is 0 Å². The monoisotopic (exact) mass is 277 g/mol. The lowest BCUT2D eigenvalue weighted by atomic mass is 9.90. The van der Waals surface area contributed by atoms with E-state index in [-0.39, 0.29) is 30.3 Å². The molecule has 0 aromatic heterocycles. The molecule has 0 saturated heterocycles. The minimum absolute atomic E-state index is 0. The van der Waals surface area contributed by atoms with Gasteiger partial charge in [0.05, 0.1) is 0 Å². The van der Waals surface area contributed by atoms with Gasteiger partial charge in [-0.2, -0.15) is 0 Å². The first kappa shape index (κ1) is 17.2. The molecule has 1 aliphatic rings. The molecule has 2 amide bonds. The van der Waals surface area contributed by atoms with Crippen molar-refractivity contribution in [1.29, 1.82) is 0 Å². The van der Waals surface area contributed by atoms with Gasteiger partial charge in [-0.3, -0.25) is 9.59 Å². The molecule has 1 aliphatic carbocycles. The Balaban J connectivity index is 0.00000289. The fourth-order valence-electron chi connectivity index (χ4n) is 2.43. The minimum atomic E-state index is -0.899. The van der Waals surface area contributed by atoms with E-state index in [2.05, 4.69) is 5.32 Å². The first-order chi connectivity index (χ1) is 7.95. The molecular formula is C12H24ClN3O2. The molecule has 0 aromatic carbocycles. The van der Waals surface area contributed by atoms with Crippen LogP contribution >= 0.6 is 12.4 Å². The summed E-state index contributed by atoms with van der Waals surface area (Å²) in [6, 6.07) is 0.108. The molecule has 0 aromatic rings. The molecule has 0 radical (unpaired) electrons. The molecule has 2 unspecified atom stereocenters. The van der Waals surface area contributed by atoms with Crippen LogP contribution in [0.3, 0.4) is 0 Å². The molecule has 5 nitrogen and oxygen atoms in total. The molecule has 1 fully saturated rings. The number of halogens is 1. The van der Waals surface area contributed by atoms with Crippen LogP contribution in [0.5, 0.6) is 0 Å². The van der Waals surface area contributed by atoms with Gasteiger partial charge in [0.2, 0.25) is 11.8 Å². The molecule has 18 heavy (non-hydrogen) atoms. The minimum Gasteiger partial charge on any atom is -0.368 e. The SMILES string of the molecule is CCC(CC)(NC(=O)C1CCC(N)C1)C(N)=O.Cl. The van der Waals surface area contributed by atoms with Crippen molar-refractivity contribution in [2.75, 3.05) is 0 Å². The maximum atomic E-state index is 12.1. The van der Waals surface area contributed by atoms with Gasteiger partial charge in [0, 0.05) is 12.0 Å². The van der Waals surface area contributed by atoms with Crippen LogP contribution in [0.2, 0.25) is 0 Å².